The van der Waals surface area contributed by atoms with E-state index in [0.29, 0.717) is 5.69 Å². The minimum absolute atomic E-state index is 0.358. The van der Waals surface area contributed by atoms with Crippen molar-refractivity contribution < 1.29 is 15.0 Å². The molecule has 0 saturated heterocycles. The second-order valence-corrected chi connectivity index (χ2v) is 2.36. The Hall–Kier alpha value is -1.39. The molecule has 0 radical (unpaired) electrons. The number of benzene rings is 1. The van der Waals surface area contributed by atoms with Gasteiger partial charge in [-0.1, -0.05) is 18.2 Å². The molecule has 0 amide bonds. The van der Waals surface area contributed by atoms with Crippen LogP contribution in [0.4, 0.5) is 5.69 Å². The monoisotopic (exact) mass is 167 g/mol. The molecule has 0 aliphatic heterocycles. The molecule has 0 saturated carbocycles. The van der Waals surface area contributed by atoms with Crippen molar-refractivity contribution in [3.8, 4) is 0 Å². The standard InChI is InChI=1S/C8H9NO3/c10-8(11)6-9(12)7-4-2-1-3-5-7/h1-5,9H,6H2,(H,10,11). The van der Waals surface area contributed by atoms with Crippen LogP contribution < -0.4 is 5.06 Å². The first-order chi connectivity index (χ1) is 5.70. The van der Waals surface area contributed by atoms with Crippen LogP contribution >= 0.6 is 0 Å². The summed E-state index contributed by atoms with van der Waals surface area (Å²) in [7, 11) is 0. The van der Waals surface area contributed by atoms with Gasteiger partial charge in [-0.25, -0.2) is 4.79 Å². The normalized spacial score (nSPS) is 12.4. The van der Waals surface area contributed by atoms with Gasteiger partial charge in [-0.2, -0.15) is 0 Å². The number of hydrogen-bond acceptors (Lipinski definition) is 2. The molecule has 64 valence electrons. The summed E-state index contributed by atoms with van der Waals surface area (Å²) in [5.41, 5.74) is 0.444. The number of rotatable bonds is 3. The highest BCUT2D eigenvalue weighted by Crippen LogP contribution is 1.97. The van der Waals surface area contributed by atoms with Crippen molar-refractivity contribution in [3.63, 3.8) is 0 Å². The molecule has 0 bridgehead atoms. The molecule has 0 spiro atoms. The van der Waals surface area contributed by atoms with Crippen LogP contribution in [0.2, 0.25) is 0 Å². The van der Waals surface area contributed by atoms with Gasteiger partial charge in [-0.05, 0) is 12.1 Å². The Morgan fingerprint density at radius 1 is 1.42 bits per heavy atom. The van der Waals surface area contributed by atoms with Crippen LogP contribution in [-0.4, -0.2) is 17.6 Å². The number of aliphatic carboxylic acids is 1. The van der Waals surface area contributed by atoms with E-state index in [0.717, 1.165) is 0 Å². The topological polar surface area (TPSA) is 64.8 Å². The first-order valence-electron chi connectivity index (χ1n) is 3.50. The number of carboxylic acids is 1. The minimum atomic E-state index is -1.09. The summed E-state index contributed by atoms with van der Waals surface area (Å²) < 4.78 is 0. The summed E-state index contributed by atoms with van der Waals surface area (Å²) in [6.45, 7) is -0.440. The fourth-order valence-corrected chi connectivity index (χ4v) is 0.863. The predicted octanol–water partition coefficient (Wildman–Crippen LogP) is -0.215. The second-order valence-electron chi connectivity index (χ2n) is 2.36. The van der Waals surface area contributed by atoms with E-state index in [2.05, 4.69) is 0 Å². The van der Waals surface area contributed by atoms with Crippen LogP contribution in [0.25, 0.3) is 0 Å². The molecule has 0 heterocycles. The molecule has 2 N–H and O–H groups in total. The Balaban J connectivity index is 2.65. The maximum Gasteiger partial charge on any atom is 0.359 e. The van der Waals surface area contributed by atoms with E-state index in [1.807, 2.05) is 0 Å². The number of carboxylic acid groups (broad SMARTS) is 1. The Morgan fingerprint density at radius 3 is 2.50 bits per heavy atom. The van der Waals surface area contributed by atoms with Gasteiger partial charge >= 0.3 is 5.97 Å². The maximum atomic E-state index is 11.1. The van der Waals surface area contributed by atoms with E-state index in [1.165, 1.54) is 0 Å². The Kier molecular flexibility index (Phi) is 2.79. The second kappa shape index (κ2) is 3.85. The molecule has 0 aromatic heterocycles. The fourth-order valence-electron chi connectivity index (χ4n) is 0.863. The zero-order valence-corrected chi connectivity index (χ0v) is 6.36. The molecule has 1 aromatic rings. The summed E-state index contributed by atoms with van der Waals surface area (Å²) >= 11 is 0. The van der Waals surface area contributed by atoms with Gasteiger partial charge < -0.3 is 15.4 Å². The van der Waals surface area contributed by atoms with Gasteiger partial charge in [0, 0.05) is 0 Å². The zero-order valence-electron chi connectivity index (χ0n) is 6.36. The summed E-state index contributed by atoms with van der Waals surface area (Å²) in [6, 6.07) is 8.39. The zero-order chi connectivity index (χ0) is 8.97. The highest BCUT2D eigenvalue weighted by Gasteiger charge is 2.05. The molecular weight excluding hydrogens is 158 g/mol. The van der Waals surface area contributed by atoms with Crippen LogP contribution in [0.15, 0.2) is 30.3 Å². The molecule has 4 heteroatoms. The summed E-state index contributed by atoms with van der Waals surface area (Å²) in [5.74, 6) is -1.09. The number of hydrogen-bond donors (Lipinski definition) is 2. The van der Waals surface area contributed by atoms with Crippen LogP contribution in [-0.2, 0) is 4.79 Å². The van der Waals surface area contributed by atoms with Gasteiger partial charge in [0.2, 0.25) is 0 Å². The Bertz CT molecular complexity index is 260. The average molecular weight is 167 g/mol. The largest absolute Gasteiger partial charge is 0.628 e. The first kappa shape index (κ1) is 8.70. The summed E-state index contributed by atoms with van der Waals surface area (Å²) in [6.07, 6.45) is 0. The van der Waals surface area contributed by atoms with Crippen LogP contribution in [0.1, 0.15) is 0 Å². The smallest absolute Gasteiger partial charge is 0.359 e. The van der Waals surface area contributed by atoms with Gasteiger partial charge in [0.15, 0.2) is 6.54 Å². The first-order valence-corrected chi connectivity index (χ1v) is 3.50. The SMILES string of the molecule is O=C(O)C[NH+]([O-])c1ccccc1. The van der Waals surface area contributed by atoms with Gasteiger partial charge in [0.1, 0.15) is 5.69 Å². The van der Waals surface area contributed by atoms with Crippen LogP contribution in [0.3, 0.4) is 0 Å². The molecule has 1 atom stereocenters. The van der Waals surface area contributed by atoms with E-state index >= 15 is 0 Å². The molecule has 0 aliphatic rings. The molecule has 0 aliphatic carbocycles. The molecule has 1 aromatic carbocycles. The third kappa shape index (κ3) is 2.34. The van der Waals surface area contributed by atoms with E-state index in [9.17, 15) is 10.0 Å². The lowest BCUT2D eigenvalue weighted by molar-refractivity contribution is -0.767. The fraction of sp³-hybridized carbons (Fsp3) is 0.125. The van der Waals surface area contributed by atoms with Crippen LogP contribution in [0, 0.1) is 5.21 Å². The van der Waals surface area contributed by atoms with Crippen molar-refractivity contribution in [2.45, 2.75) is 0 Å². The van der Waals surface area contributed by atoms with Crippen molar-refractivity contribution in [1.82, 2.24) is 0 Å². The van der Waals surface area contributed by atoms with E-state index in [1.54, 1.807) is 30.3 Å². The van der Waals surface area contributed by atoms with Gasteiger partial charge in [0.25, 0.3) is 0 Å². The Morgan fingerprint density at radius 2 is 2.00 bits per heavy atom. The molecule has 1 rings (SSSR count). The van der Waals surface area contributed by atoms with Gasteiger partial charge in [0.05, 0.1) is 0 Å². The van der Waals surface area contributed by atoms with E-state index in [-0.39, 0.29) is 5.06 Å². The number of quaternary nitrogens is 1. The quantitative estimate of drug-likeness (QED) is 0.612. The molecule has 12 heavy (non-hydrogen) atoms. The lowest BCUT2D eigenvalue weighted by Gasteiger charge is -2.18. The van der Waals surface area contributed by atoms with Crippen molar-refractivity contribution in [3.05, 3.63) is 35.5 Å². The molecule has 4 nitrogen and oxygen atoms in total. The number of hydroxylamine groups is 1. The predicted molar refractivity (Wildman–Crippen MR) is 42.9 cm³/mol. The van der Waals surface area contributed by atoms with E-state index < -0.39 is 12.5 Å². The third-order valence-electron chi connectivity index (χ3n) is 1.41. The van der Waals surface area contributed by atoms with E-state index in [4.69, 9.17) is 5.11 Å². The Labute approximate surface area is 69.6 Å². The summed E-state index contributed by atoms with van der Waals surface area (Å²) in [4.78, 5) is 10.2. The number of carbonyl (C=O) groups is 1. The molecule has 0 fully saturated rings. The van der Waals surface area contributed by atoms with Crippen molar-refractivity contribution in [2.75, 3.05) is 6.54 Å². The number of para-hydroxylation sites is 1. The lowest BCUT2D eigenvalue weighted by Crippen LogP contribution is -3.03. The van der Waals surface area contributed by atoms with Gasteiger partial charge in [-0.3, -0.25) is 0 Å². The highest BCUT2D eigenvalue weighted by molar-refractivity contribution is 5.68. The highest BCUT2D eigenvalue weighted by atomic mass is 16.5. The third-order valence-corrected chi connectivity index (χ3v) is 1.41. The average Bonchev–Trinajstić information content (AvgIpc) is 2.05. The van der Waals surface area contributed by atoms with Crippen molar-refractivity contribution in [1.29, 1.82) is 0 Å². The van der Waals surface area contributed by atoms with Crippen molar-refractivity contribution >= 4 is 11.7 Å². The van der Waals surface area contributed by atoms with Crippen LogP contribution in [0.5, 0.6) is 0 Å². The molecule has 1 unspecified atom stereocenters. The van der Waals surface area contributed by atoms with Crippen molar-refractivity contribution in [2.24, 2.45) is 0 Å². The summed E-state index contributed by atoms with van der Waals surface area (Å²) in [5, 5.41) is 19.0. The number of nitrogens with one attached hydrogen (secondary N) is 1. The molecular formula is C8H9NO3. The lowest BCUT2D eigenvalue weighted by atomic mass is 10.3. The minimum Gasteiger partial charge on any atom is -0.628 e. The maximum absolute atomic E-state index is 11.1. The van der Waals surface area contributed by atoms with Gasteiger partial charge in [-0.15, -0.1) is 0 Å².